The van der Waals surface area contributed by atoms with Crippen LogP contribution in [0.3, 0.4) is 0 Å². The summed E-state index contributed by atoms with van der Waals surface area (Å²) in [6.07, 6.45) is 8.53. The molecule has 2 aliphatic rings. The third-order valence-electron chi connectivity index (χ3n) is 3.98. The Kier molecular flexibility index (Phi) is 3.58. The van der Waals surface area contributed by atoms with Crippen molar-refractivity contribution in [3.8, 4) is 0 Å². The largest absolute Gasteiger partial charge is 0.354 e. The van der Waals surface area contributed by atoms with E-state index in [1.54, 1.807) is 0 Å². The molecule has 2 aliphatic carbocycles. The molecule has 0 saturated heterocycles. The Labute approximate surface area is 117 Å². The molecule has 4 nitrogen and oxygen atoms in total. The van der Waals surface area contributed by atoms with Gasteiger partial charge in [-0.2, -0.15) is 0 Å². The molecule has 19 heavy (non-hydrogen) atoms. The number of nitrogens with zero attached hydrogens (tertiary/aromatic N) is 1. The highest BCUT2D eigenvalue weighted by Crippen LogP contribution is 2.32. The van der Waals surface area contributed by atoms with Crippen LogP contribution in [0.15, 0.2) is 0 Å². The number of carbonyl (C=O) groups is 1. The molecule has 1 aromatic rings. The van der Waals surface area contributed by atoms with Gasteiger partial charge in [-0.15, -0.1) is 11.3 Å². The minimum absolute atomic E-state index is 0.0194. The highest BCUT2D eigenvalue weighted by atomic mass is 32.1. The second kappa shape index (κ2) is 5.21. The number of nitrogens with one attached hydrogen (secondary N) is 1. The molecule has 0 atom stereocenters. The third kappa shape index (κ3) is 2.98. The topological polar surface area (TPSA) is 68.0 Å². The first-order chi connectivity index (χ1) is 9.17. The molecule has 0 aromatic carbocycles. The molecule has 3 N–H and O–H groups in total. The van der Waals surface area contributed by atoms with E-state index in [-0.39, 0.29) is 5.91 Å². The van der Waals surface area contributed by atoms with Crippen LogP contribution in [-0.2, 0) is 24.1 Å². The Bertz CT molecular complexity index is 456. The highest BCUT2D eigenvalue weighted by Gasteiger charge is 2.45. The van der Waals surface area contributed by atoms with E-state index in [0.717, 1.165) is 32.1 Å². The van der Waals surface area contributed by atoms with E-state index in [2.05, 4.69) is 5.32 Å². The number of thiazole rings is 1. The molecule has 104 valence electrons. The van der Waals surface area contributed by atoms with Crippen molar-refractivity contribution in [2.45, 2.75) is 56.9 Å². The predicted molar refractivity (Wildman–Crippen MR) is 76.2 cm³/mol. The van der Waals surface area contributed by atoms with Crippen LogP contribution in [0.4, 0.5) is 0 Å². The summed E-state index contributed by atoms with van der Waals surface area (Å²) in [5.41, 5.74) is 6.61. The average molecular weight is 279 g/mol. The number of aromatic nitrogens is 1. The lowest BCUT2D eigenvalue weighted by Gasteiger charge is -2.09. The van der Waals surface area contributed by atoms with Crippen LogP contribution < -0.4 is 11.1 Å². The summed E-state index contributed by atoms with van der Waals surface area (Å²) in [5.74, 6) is 0.0194. The first kappa shape index (κ1) is 13.1. The van der Waals surface area contributed by atoms with Crippen molar-refractivity contribution in [3.05, 3.63) is 15.6 Å². The van der Waals surface area contributed by atoms with E-state index in [1.165, 1.54) is 34.8 Å². The Morgan fingerprint density at radius 3 is 2.89 bits per heavy atom. The molecule has 1 aromatic heterocycles. The van der Waals surface area contributed by atoms with Crippen LogP contribution in [0.2, 0.25) is 0 Å². The summed E-state index contributed by atoms with van der Waals surface area (Å²) in [4.78, 5) is 17.8. The molecule has 1 saturated carbocycles. The standard InChI is InChI=1S/C14H21N3OS/c15-14(7-8-14)13(18)16-9-3-6-12-17-10-4-1-2-5-11(10)19-12/h1-9,15H2,(H,16,18). The number of carbonyl (C=O) groups excluding carboxylic acids is 1. The lowest BCUT2D eigenvalue weighted by Crippen LogP contribution is -2.43. The van der Waals surface area contributed by atoms with Gasteiger partial charge in [-0.25, -0.2) is 4.98 Å². The van der Waals surface area contributed by atoms with Crippen LogP contribution in [0.5, 0.6) is 0 Å². The first-order valence-electron chi connectivity index (χ1n) is 7.22. The lowest BCUT2D eigenvalue weighted by molar-refractivity contribution is -0.123. The number of fused-ring (bicyclic) bond motifs is 1. The number of aryl methyl sites for hydroxylation is 3. The fourth-order valence-electron chi connectivity index (χ4n) is 2.49. The van der Waals surface area contributed by atoms with Gasteiger partial charge in [0.05, 0.1) is 16.2 Å². The van der Waals surface area contributed by atoms with Gasteiger partial charge in [-0.3, -0.25) is 4.79 Å². The second-order valence-electron chi connectivity index (χ2n) is 5.70. The Morgan fingerprint density at radius 1 is 1.37 bits per heavy atom. The van der Waals surface area contributed by atoms with Gasteiger partial charge in [0.25, 0.3) is 0 Å². The van der Waals surface area contributed by atoms with Gasteiger partial charge >= 0.3 is 0 Å². The predicted octanol–water partition coefficient (Wildman–Crippen LogP) is 1.56. The van der Waals surface area contributed by atoms with Crippen molar-refractivity contribution in [2.75, 3.05) is 6.54 Å². The molecule has 1 fully saturated rings. The summed E-state index contributed by atoms with van der Waals surface area (Å²) in [5, 5.41) is 4.16. The number of rotatable bonds is 5. The summed E-state index contributed by atoms with van der Waals surface area (Å²) in [6.45, 7) is 0.710. The molecular formula is C14H21N3OS. The van der Waals surface area contributed by atoms with E-state index in [9.17, 15) is 4.79 Å². The number of hydrogen-bond acceptors (Lipinski definition) is 4. The molecule has 0 spiro atoms. The van der Waals surface area contributed by atoms with E-state index in [4.69, 9.17) is 10.7 Å². The molecule has 0 aliphatic heterocycles. The Morgan fingerprint density at radius 2 is 2.16 bits per heavy atom. The van der Waals surface area contributed by atoms with Crippen molar-refractivity contribution in [1.29, 1.82) is 0 Å². The number of hydrogen-bond donors (Lipinski definition) is 2. The van der Waals surface area contributed by atoms with E-state index in [0.29, 0.717) is 6.54 Å². The summed E-state index contributed by atoms with van der Waals surface area (Å²) in [7, 11) is 0. The normalized spacial score (nSPS) is 19.8. The summed E-state index contributed by atoms with van der Waals surface area (Å²) < 4.78 is 0. The lowest BCUT2D eigenvalue weighted by atomic mass is 10.0. The summed E-state index contributed by atoms with van der Waals surface area (Å²) in [6, 6.07) is 0. The molecule has 1 heterocycles. The zero-order valence-electron chi connectivity index (χ0n) is 11.2. The minimum Gasteiger partial charge on any atom is -0.354 e. The average Bonchev–Trinajstić information content (AvgIpc) is 3.03. The van der Waals surface area contributed by atoms with Gasteiger partial charge in [0, 0.05) is 17.8 Å². The quantitative estimate of drug-likeness (QED) is 0.804. The van der Waals surface area contributed by atoms with Crippen LogP contribution in [0.1, 0.15) is 47.7 Å². The van der Waals surface area contributed by atoms with Crippen LogP contribution in [0.25, 0.3) is 0 Å². The molecule has 3 rings (SSSR count). The third-order valence-corrected chi connectivity index (χ3v) is 5.20. The first-order valence-corrected chi connectivity index (χ1v) is 8.04. The van der Waals surface area contributed by atoms with Crippen molar-refractivity contribution >= 4 is 17.2 Å². The van der Waals surface area contributed by atoms with E-state index >= 15 is 0 Å². The summed E-state index contributed by atoms with van der Waals surface area (Å²) >= 11 is 1.86. The van der Waals surface area contributed by atoms with E-state index < -0.39 is 5.54 Å². The number of nitrogens with two attached hydrogens (primary N) is 1. The van der Waals surface area contributed by atoms with Gasteiger partial charge in [-0.05, 0) is 44.9 Å². The smallest absolute Gasteiger partial charge is 0.240 e. The van der Waals surface area contributed by atoms with Gasteiger partial charge < -0.3 is 11.1 Å². The molecule has 0 bridgehead atoms. The highest BCUT2D eigenvalue weighted by molar-refractivity contribution is 7.11. The second-order valence-corrected chi connectivity index (χ2v) is 6.87. The maximum atomic E-state index is 11.6. The fraction of sp³-hybridized carbons (Fsp3) is 0.714. The maximum Gasteiger partial charge on any atom is 0.240 e. The van der Waals surface area contributed by atoms with Crippen molar-refractivity contribution in [3.63, 3.8) is 0 Å². The van der Waals surface area contributed by atoms with Crippen LogP contribution in [0, 0.1) is 0 Å². The van der Waals surface area contributed by atoms with Gasteiger partial charge in [0.15, 0.2) is 0 Å². The van der Waals surface area contributed by atoms with Crippen molar-refractivity contribution < 1.29 is 4.79 Å². The monoisotopic (exact) mass is 279 g/mol. The molecule has 1 amide bonds. The van der Waals surface area contributed by atoms with Gasteiger partial charge in [0.2, 0.25) is 5.91 Å². The van der Waals surface area contributed by atoms with Gasteiger partial charge in [0.1, 0.15) is 0 Å². The van der Waals surface area contributed by atoms with Crippen molar-refractivity contribution in [1.82, 2.24) is 10.3 Å². The SMILES string of the molecule is NC1(C(=O)NCCCc2nc3c(s2)CCCC3)CC1. The Balaban J connectivity index is 1.42. The maximum absolute atomic E-state index is 11.6. The van der Waals surface area contributed by atoms with Crippen molar-refractivity contribution in [2.24, 2.45) is 5.73 Å². The van der Waals surface area contributed by atoms with E-state index in [1.807, 2.05) is 11.3 Å². The molecule has 5 heteroatoms. The van der Waals surface area contributed by atoms with Gasteiger partial charge in [-0.1, -0.05) is 0 Å². The van der Waals surface area contributed by atoms with Crippen LogP contribution in [-0.4, -0.2) is 23.0 Å². The minimum atomic E-state index is -0.541. The zero-order chi connectivity index (χ0) is 13.3. The van der Waals surface area contributed by atoms with Crippen LogP contribution >= 0.6 is 11.3 Å². The zero-order valence-corrected chi connectivity index (χ0v) is 12.0. The number of amides is 1. The molecule has 0 radical (unpaired) electrons. The molecular weight excluding hydrogens is 258 g/mol. The fourth-order valence-corrected chi connectivity index (χ4v) is 3.69. The Hall–Kier alpha value is -0.940. The molecule has 0 unspecified atom stereocenters.